The van der Waals surface area contributed by atoms with Gasteiger partial charge in [0.15, 0.2) is 0 Å². The average Bonchev–Trinajstić information content (AvgIpc) is 3.78. The Bertz CT molecular complexity index is 3430. The van der Waals surface area contributed by atoms with Gasteiger partial charge in [-0.2, -0.15) is 0 Å². The molecule has 0 amide bonds. The van der Waals surface area contributed by atoms with E-state index in [-0.39, 0.29) is 5.41 Å². The number of fused-ring (bicyclic) bond motifs is 12. The standard InChI is InChI=1S/C55H36N2S/c1-55(2)48-30-37(33-18-22-35(23-19-33)39-15-9-16-47-44-12-7-8-17-51(44)58-54(39)47)26-28-42(48)43-29-27-38(31-49(43)55)34-20-24-36(25-21-34)50-32-56-52-45-13-5-3-10-40(45)41-11-4-6-14-46(41)53(52)57-50/h3-32H,1-2H3. The molecule has 0 atom stereocenters. The van der Waals surface area contributed by atoms with Crippen molar-refractivity contribution >= 4 is 64.1 Å². The lowest BCUT2D eigenvalue weighted by atomic mass is 9.81. The Balaban J connectivity index is 0.844. The molecule has 0 fully saturated rings. The van der Waals surface area contributed by atoms with Crippen LogP contribution in [-0.4, -0.2) is 9.97 Å². The van der Waals surface area contributed by atoms with Gasteiger partial charge in [0.2, 0.25) is 0 Å². The molecule has 9 aromatic carbocycles. The second-order valence-electron chi connectivity index (χ2n) is 16.1. The molecule has 2 aromatic heterocycles. The first-order valence-electron chi connectivity index (χ1n) is 20.0. The molecule has 0 spiro atoms. The minimum absolute atomic E-state index is 0.138. The molecule has 2 heterocycles. The van der Waals surface area contributed by atoms with Gasteiger partial charge in [0, 0.05) is 41.9 Å². The van der Waals surface area contributed by atoms with E-state index in [9.17, 15) is 0 Å². The third-order valence-electron chi connectivity index (χ3n) is 12.6. The maximum Gasteiger partial charge on any atom is 0.0979 e. The fraction of sp³-hybridized carbons (Fsp3) is 0.0545. The van der Waals surface area contributed by atoms with E-state index in [0.29, 0.717) is 0 Å². The molecule has 1 aliphatic carbocycles. The Morgan fingerprint density at radius 3 is 1.53 bits per heavy atom. The minimum atomic E-state index is -0.138. The molecule has 0 radical (unpaired) electrons. The Morgan fingerprint density at radius 2 is 0.897 bits per heavy atom. The number of aromatic nitrogens is 2. The van der Waals surface area contributed by atoms with Gasteiger partial charge in [0.25, 0.3) is 0 Å². The summed E-state index contributed by atoms with van der Waals surface area (Å²) in [5, 5.41) is 7.35. The van der Waals surface area contributed by atoms with Gasteiger partial charge in [0.05, 0.1) is 22.9 Å². The molecule has 0 saturated carbocycles. The fourth-order valence-electron chi connectivity index (χ4n) is 9.51. The van der Waals surface area contributed by atoms with Crippen molar-refractivity contribution in [2.75, 3.05) is 0 Å². The Kier molecular flexibility index (Phi) is 7.18. The fourth-order valence-corrected chi connectivity index (χ4v) is 10.7. The second-order valence-corrected chi connectivity index (χ2v) is 17.2. The molecular weight excluding hydrogens is 721 g/mol. The monoisotopic (exact) mass is 756 g/mol. The molecule has 11 aromatic rings. The molecule has 0 N–H and O–H groups in total. The van der Waals surface area contributed by atoms with Crippen molar-refractivity contribution < 1.29 is 0 Å². The van der Waals surface area contributed by atoms with Crippen LogP contribution >= 0.6 is 11.3 Å². The molecule has 0 saturated heterocycles. The number of hydrogen-bond acceptors (Lipinski definition) is 3. The number of thiophene rings is 1. The van der Waals surface area contributed by atoms with E-state index in [2.05, 4.69) is 190 Å². The highest BCUT2D eigenvalue weighted by Crippen LogP contribution is 2.51. The van der Waals surface area contributed by atoms with Crippen molar-refractivity contribution in [3.05, 3.63) is 193 Å². The minimum Gasteiger partial charge on any atom is -0.252 e. The molecule has 58 heavy (non-hydrogen) atoms. The van der Waals surface area contributed by atoms with Gasteiger partial charge >= 0.3 is 0 Å². The molecule has 2 nitrogen and oxygen atoms in total. The Hall–Kier alpha value is -6.94. The van der Waals surface area contributed by atoms with Gasteiger partial charge in [-0.15, -0.1) is 11.3 Å². The Morgan fingerprint density at radius 1 is 0.397 bits per heavy atom. The topological polar surface area (TPSA) is 25.8 Å². The van der Waals surface area contributed by atoms with Crippen molar-refractivity contribution in [1.82, 2.24) is 9.97 Å². The van der Waals surface area contributed by atoms with E-state index in [1.807, 2.05) is 17.5 Å². The summed E-state index contributed by atoms with van der Waals surface area (Å²) >= 11 is 1.89. The number of benzene rings is 9. The molecule has 1 aliphatic rings. The first kappa shape index (κ1) is 33.2. The van der Waals surface area contributed by atoms with E-state index in [1.54, 1.807) is 0 Å². The maximum absolute atomic E-state index is 5.22. The van der Waals surface area contributed by atoms with Crippen LogP contribution in [0, 0.1) is 0 Å². The van der Waals surface area contributed by atoms with Crippen LogP contribution in [0.5, 0.6) is 0 Å². The smallest absolute Gasteiger partial charge is 0.0979 e. The normalized spacial score (nSPS) is 13.1. The molecule has 12 rings (SSSR count). The lowest BCUT2D eigenvalue weighted by Gasteiger charge is -2.22. The molecule has 3 heteroatoms. The van der Waals surface area contributed by atoms with Gasteiger partial charge in [-0.1, -0.05) is 172 Å². The molecule has 0 unspecified atom stereocenters. The largest absolute Gasteiger partial charge is 0.252 e. The first-order chi connectivity index (χ1) is 28.5. The predicted octanol–water partition coefficient (Wildman–Crippen LogP) is 15.3. The van der Waals surface area contributed by atoms with E-state index in [4.69, 9.17) is 9.97 Å². The van der Waals surface area contributed by atoms with Gasteiger partial charge in [-0.25, -0.2) is 4.98 Å². The highest BCUT2D eigenvalue weighted by molar-refractivity contribution is 7.26. The second kappa shape index (κ2) is 12.5. The summed E-state index contributed by atoms with van der Waals surface area (Å²) in [7, 11) is 0. The van der Waals surface area contributed by atoms with Crippen molar-refractivity contribution in [2.24, 2.45) is 0 Å². The molecular formula is C55H36N2S. The van der Waals surface area contributed by atoms with Crippen molar-refractivity contribution in [2.45, 2.75) is 19.3 Å². The van der Waals surface area contributed by atoms with Crippen LogP contribution in [0.4, 0.5) is 0 Å². The summed E-state index contributed by atoms with van der Waals surface area (Å²) < 4.78 is 2.69. The summed E-state index contributed by atoms with van der Waals surface area (Å²) in [6.45, 7) is 4.74. The van der Waals surface area contributed by atoms with Crippen molar-refractivity contribution in [1.29, 1.82) is 0 Å². The van der Waals surface area contributed by atoms with Crippen LogP contribution < -0.4 is 0 Å². The zero-order valence-corrected chi connectivity index (χ0v) is 32.9. The van der Waals surface area contributed by atoms with Crippen LogP contribution in [0.1, 0.15) is 25.0 Å². The highest BCUT2D eigenvalue weighted by Gasteiger charge is 2.36. The third kappa shape index (κ3) is 4.97. The van der Waals surface area contributed by atoms with Gasteiger partial charge < -0.3 is 0 Å². The lowest BCUT2D eigenvalue weighted by Crippen LogP contribution is -2.15. The van der Waals surface area contributed by atoms with Gasteiger partial charge in [-0.05, 0) is 84.6 Å². The van der Waals surface area contributed by atoms with Crippen LogP contribution in [-0.2, 0) is 5.41 Å². The number of rotatable bonds is 4. The SMILES string of the molecule is CC1(C)c2cc(-c3ccc(-c4cnc5c6ccccc6c6ccccc6c5n4)cc3)ccc2-c2ccc(-c3ccc(-c4cccc5c4sc4ccccc45)cc3)cc21. The zero-order chi connectivity index (χ0) is 38.5. The van der Waals surface area contributed by atoms with Crippen LogP contribution in [0.3, 0.4) is 0 Å². The zero-order valence-electron chi connectivity index (χ0n) is 32.1. The first-order valence-corrected chi connectivity index (χ1v) is 20.8. The summed E-state index contributed by atoms with van der Waals surface area (Å²) in [4.78, 5) is 10.2. The average molecular weight is 757 g/mol. The predicted molar refractivity (Wildman–Crippen MR) is 247 cm³/mol. The lowest BCUT2D eigenvalue weighted by molar-refractivity contribution is 0.661. The number of hydrogen-bond donors (Lipinski definition) is 0. The van der Waals surface area contributed by atoms with Crippen molar-refractivity contribution in [3.8, 4) is 55.8 Å². The van der Waals surface area contributed by atoms with Crippen LogP contribution in [0.25, 0.3) is 109 Å². The van der Waals surface area contributed by atoms with E-state index < -0.39 is 0 Å². The summed E-state index contributed by atoms with van der Waals surface area (Å²) in [5.41, 5.74) is 16.5. The summed E-state index contributed by atoms with van der Waals surface area (Å²) in [6, 6.07) is 64.4. The highest BCUT2D eigenvalue weighted by atomic mass is 32.1. The van der Waals surface area contributed by atoms with Gasteiger partial charge in [-0.3, -0.25) is 4.98 Å². The summed E-state index contributed by atoms with van der Waals surface area (Å²) in [6.07, 6.45) is 1.92. The Labute approximate surface area is 340 Å². The van der Waals surface area contributed by atoms with E-state index >= 15 is 0 Å². The maximum atomic E-state index is 5.22. The van der Waals surface area contributed by atoms with E-state index in [0.717, 1.165) is 33.1 Å². The van der Waals surface area contributed by atoms with Crippen LogP contribution in [0.2, 0.25) is 0 Å². The molecule has 0 aliphatic heterocycles. The quantitative estimate of drug-likeness (QED) is 0.167. The number of nitrogens with zero attached hydrogens (tertiary/aromatic N) is 2. The summed E-state index contributed by atoms with van der Waals surface area (Å²) in [5.74, 6) is 0. The van der Waals surface area contributed by atoms with E-state index in [1.165, 1.54) is 86.6 Å². The van der Waals surface area contributed by atoms with Crippen molar-refractivity contribution in [3.63, 3.8) is 0 Å². The molecule has 272 valence electrons. The van der Waals surface area contributed by atoms with Crippen LogP contribution in [0.15, 0.2) is 182 Å². The van der Waals surface area contributed by atoms with Gasteiger partial charge in [0.1, 0.15) is 0 Å². The third-order valence-corrected chi connectivity index (χ3v) is 13.8. The molecule has 0 bridgehead atoms.